The molecule has 1 atom stereocenters. The quantitative estimate of drug-likeness (QED) is 0.678. The van der Waals surface area contributed by atoms with E-state index in [1.54, 1.807) is 0 Å². The second-order valence-corrected chi connectivity index (χ2v) is 9.47. The fourth-order valence-corrected chi connectivity index (χ4v) is 5.13. The summed E-state index contributed by atoms with van der Waals surface area (Å²) in [5.74, 6) is 0.688. The molecule has 7 nitrogen and oxygen atoms in total. The van der Waals surface area contributed by atoms with Gasteiger partial charge in [0.1, 0.15) is 5.60 Å². The maximum absolute atomic E-state index is 12.5. The molecule has 160 valence electrons. The normalized spacial score (nSPS) is 29.9. The Morgan fingerprint density at radius 2 is 1.79 bits per heavy atom. The van der Waals surface area contributed by atoms with Crippen LogP contribution >= 0.6 is 0 Å². The van der Waals surface area contributed by atoms with Crippen LogP contribution in [-0.2, 0) is 9.47 Å². The number of amides is 1. The summed E-state index contributed by atoms with van der Waals surface area (Å²) in [7, 11) is 0. The average Bonchev–Trinajstić information content (AvgIpc) is 3.30. The van der Waals surface area contributed by atoms with Gasteiger partial charge >= 0.3 is 6.09 Å². The van der Waals surface area contributed by atoms with E-state index in [-0.39, 0.29) is 11.7 Å². The molecule has 4 aliphatic heterocycles. The van der Waals surface area contributed by atoms with Gasteiger partial charge in [-0.3, -0.25) is 9.80 Å². The van der Waals surface area contributed by atoms with Gasteiger partial charge in [0, 0.05) is 84.4 Å². The molecule has 0 radical (unpaired) electrons. The van der Waals surface area contributed by atoms with Crippen LogP contribution in [0.2, 0.25) is 0 Å². The van der Waals surface area contributed by atoms with Crippen LogP contribution in [0.5, 0.6) is 0 Å². The maximum atomic E-state index is 12.5. The predicted molar refractivity (Wildman–Crippen MR) is 109 cm³/mol. The van der Waals surface area contributed by atoms with Gasteiger partial charge in [-0.05, 0) is 26.2 Å². The SMILES string of the molecule is CC(C)N1CCN(CCN2CC3(CCN(C[C@@H]4CCOC4)CC3)OC2=O)CC1. The van der Waals surface area contributed by atoms with Crippen LogP contribution in [0.4, 0.5) is 4.79 Å². The van der Waals surface area contributed by atoms with Gasteiger partial charge in [0.2, 0.25) is 0 Å². The van der Waals surface area contributed by atoms with E-state index >= 15 is 0 Å². The topological polar surface area (TPSA) is 48.5 Å². The summed E-state index contributed by atoms with van der Waals surface area (Å²) >= 11 is 0. The molecule has 0 saturated carbocycles. The number of likely N-dealkylation sites (tertiary alicyclic amines) is 1. The average molecular weight is 395 g/mol. The third-order valence-corrected chi connectivity index (χ3v) is 7.17. The van der Waals surface area contributed by atoms with E-state index in [2.05, 4.69) is 28.5 Å². The molecular formula is C21H38N4O3. The summed E-state index contributed by atoms with van der Waals surface area (Å²) in [4.78, 5) is 22.0. The lowest BCUT2D eigenvalue weighted by Crippen LogP contribution is -2.51. The molecule has 0 unspecified atom stereocenters. The Hall–Kier alpha value is -0.890. The van der Waals surface area contributed by atoms with Gasteiger partial charge in [-0.15, -0.1) is 0 Å². The van der Waals surface area contributed by atoms with Crippen molar-refractivity contribution in [2.24, 2.45) is 5.92 Å². The molecular weight excluding hydrogens is 356 g/mol. The molecule has 0 aromatic rings. The van der Waals surface area contributed by atoms with Crippen molar-refractivity contribution >= 4 is 6.09 Å². The third-order valence-electron chi connectivity index (χ3n) is 7.17. The second-order valence-electron chi connectivity index (χ2n) is 9.47. The first-order valence-corrected chi connectivity index (χ1v) is 11.3. The predicted octanol–water partition coefficient (Wildman–Crippen LogP) is 1.34. The van der Waals surface area contributed by atoms with Crippen molar-refractivity contribution in [1.29, 1.82) is 0 Å². The molecule has 4 saturated heterocycles. The monoisotopic (exact) mass is 394 g/mol. The fraction of sp³-hybridized carbons (Fsp3) is 0.952. The number of hydrogen-bond donors (Lipinski definition) is 0. The van der Waals surface area contributed by atoms with Gasteiger partial charge in [0.05, 0.1) is 13.2 Å². The van der Waals surface area contributed by atoms with Crippen molar-refractivity contribution in [3.63, 3.8) is 0 Å². The van der Waals surface area contributed by atoms with Crippen LogP contribution in [0, 0.1) is 5.92 Å². The highest BCUT2D eigenvalue weighted by Gasteiger charge is 2.47. The van der Waals surface area contributed by atoms with Crippen LogP contribution < -0.4 is 0 Å². The van der Waals surface area contributed by atoms with E-state index in [1.165, 1.54) is 6.42 Å². The first kappa shape index (κ1) is 20.4. The van der Waals surface area contributed by atoms with E-state index < -0.39 is 0 Å². The zero-order valence-electron chi connectivity index (χ0n) is 17.8. The second kappa shape index (κ2) is 8.86. The van der Waals surface area contributed by atoms with Crippen molar-refractivity contribution in [2.45, 2.75) is 44.8 Å². The van der Waals surface area contributed by atoms with E-state index in [4.69, 9.17) is 9.47 Å². The molecule has 1 spiro atoms. The number of piperidine rings is 1. The Labute approximate surface area is 169 Å². The lowest BCUT2D eigenvalue weighted by Gasteiger charge is -2.38. The molecule has 4 rings (SSSR count). The summed E-state index contributed by atoms with van der Waals surface area (Å²) in [6, 6.07) is 0.627. The molecule has 0 aliphatic carbocycles. The van der Waals surface area contributed by atoms with Crippen LogP contribution in [0.3, 0.4) is 0 Å². The fourth-order valence-electron chi connectivity index (χ4n) is 5.13. The van der Waals surface area contributed by atoms with Crippen molar-refractivity contribution in [3.8, 4) is 0 Å². The summed E-state index contributed by atoms with van der Waals surface area (Å²) in [5.41, 5.74) is -0.240. The smallest absolute Gasteiger partial charge is 0.410 e. The van der Waals surface area contributed by atoms with Crippen molar-refractivity contribution in [2.75, 3.05) is 78.7 Å². The molecule has 0 N–H and O–H groups in total. The number of nitrogens with zero attached hydrogens (tertiary/aromatic N) is 4. The van der Waals surface area contributed by atoms with Gasteiger partial charge in [-0.2, -0.15) is 0 Å². The first-order chi connectivity index (χ1) is 13.5. The zero-order chi connectivity index (χ0) is 19.6. The van der Waals surface area contributed by atoms with Crippen molar-refractivity contribution < 1.29 is 14.3 Å². The molecule has 1 amide bonds. The lowest BCUT2D eigenvalue weighted by atomic mass is 9.90. The molecule has 0 aromatic heterocycles. The molecule has 4 aliphatic rings. The van der Waals surface area contributed by atoms with Crippen molar-refractivity contribution in [3.05, 3.63) is 0 Å². The largest absolute Gasteiger partial charge is 0.441 e. The summed E-state index contributed by atoms with van der Waals surface area (Å²) in [5, 5.41) is 0. The van der Waals surface area contributed by atoms with Gasteiger partial charge in [0.15, 0.2) is 0 Å². The minimum atomic E-state index is -0.240. The number of carbonyl (C=O) groups is 1. The van der Waals surface area contributed by atoms with Crippen LogP contribution in [-0.4, -0.2) is 116 Å². The Morgan fingerprint density at radius 3 is 2.43 bits per heavy atom. The number of carbonyl (C=O) groups excluding carboxylic acids is 1. The van der Waals surface area contributed by atoms with Gasteiger partial charge in [-0.1, -0.05) is 0 Å². The van der Waals surface area contributed by atoms with E-state index in [1.807, 2.05) is 4.90 Å². The Kier molecular flexibility index (Phi) is 6.45. The van der Waals surface area contributed by atoms with Gasteiger partial charge in [0.25, 0.3) is 0 Å². The number of rotatable bonds is 6. The highest BCUT2D eigenvalue weighted by atomic mass is 16.6. The minimum absolute atomic E-state index is 0.0986. The molecule has 0 aromatic carbocycles. The van der Waals surface area contributed by atoms with E-state index in [0.29, 0.717) is 12.0 Å². The number of hydrogen-bond acceptors (Lipinski definition) is 6. The molecule has 28 heavy (non-hydrogen) atoms. The maximum Gasteiger partial charge on any atom is 0.410 e. The standard InChI is InChI=1S/C21H38N4O3/c1-18(2)24-11-8-22(9-12-24)10-13-25-17-21(28-20(25)26)4-6-23(7-5-21)15-19-3-14-27-16-19/h18-19H,3-17H2,1-2H3/t19-/m0/s1. The first-order valence-electron chi connectivity index (χ1n) is 11.3. The Bertz CT molecular complexity index is 522. The molecule has 0 bridgehead atoms. The van der Waals surface area contributed by atoms with E-state index in [0.717, 1.165) is 91.5 Å². The van der Waals surface area contributed by atoms with Crippen molar-refractivity contribution in [1.82, 2.24) is 19.6 Å². The van der Waals surface area contributed by atoms with Crippen LogP contribution in [0.15, 0.2) is 0 Å². The van der Waals surface area contributed by atoms with E-state index in [9.17, 15) is 4.79 Å². The molecule has 7 heteroatoms. The lowest BCUT2D eigenvalue weighted by molar-refractivity contribution is -0.00294. The van der Waals surface area contributed by atoms with Gasteiger partial charge in [-0.25, -0.2) is 4.79 Å². The zero-order valence-corrected chi connectivity index (χ0v) is 17.8. The Balaban J connectivity index is 1.19. The number of ether oxygens (including phenoxy) is 2. The summed E-state index contributed by atoms with van der Waals surface area (Å²) in [6.45, 7) is 16.6. The molecule has 4 heterocycles. The number of piperazine rings is 1. The minimum Gasteiger partial charge on any atom is -0.441 e. The summed E-state index contributed by atoms with van der Waals surface area (Å²) in [6.07, 6.45) is 3.03. The summed E-state index contributed by atoms with van der Waals surface area (Å²) < 4.78 is 11.4. The highest BCUT2D eigenvalue weighted by Crippen LogP contribution is 2.33. The van der Waals surface area contributed by atoms with Gasteiger partial charge < -0.3 is 19.3 Å². The third kappa shape index (κ3) is 4.81. The Morgan fingerprint density at radius 1 is 1.04 bits per heavy atom. The van der Waals surface area contributed by atoms with Crippen LogP contribution in [0.1, 0.15) is 33.1 Å². The van der Waals surface area contributed by atoms with Crippen LogP contribution in [0.25, 0.3) is 0 Å². The molecule has 4 fully saturated rings. The highest BCUT2D eigenvalue weighted by molar-refractivity contribution is 5.70.